The van der Waals surface area contributed by atoms with Crippen LogP contribution in [0.2, 0.25) is 0 Å². The van der Waals surface area contributed by atoms with Crippen LogP contribution in [-0.4, -0.2) is 34.8 Å². The Bertz CT molecular complexity index is 1010. The predicted octanol–water partition coefficient (Wildman–Crippen LogP) is 2.12. The van der Waals surface area contributed by atoms with E-state index < -0.39 is 51.7 Å². The van der Waals surface area contributed by atoms with Crippen molar-refractivity contribution < 1.29 is 28.8 Å². The molecule has 0 N–H and O–H groups in total. The van der Waals surface area contributed by atoms with E-state index in [1.807, 2.05) is 0 Å². The fourth-order valence-corrected chi connectivity index (χ4v) is 2.77. The highest BCUT2D eigenvalue weighted by atomic mass is 16.6. The fourth-order valence-electron chi connectivity index (χ4n) is 2.77. The second kappa shape index (κ2) is 6.32. The van der Waals surface area contributed by atoms with E-state index in [9.17, 15) is 29.3 Å². The molecule has 3 rings (SSSR count). The van der Waals surface area contributed by atoms with Gasteiger partial charge in [0.25, 0.3) is 5.69 Å². The van der Waals surface area contributed by atoms with Crippen molar-refractivity contribution in [1.82, 2.24) is 0 Å². The van der Waals surface area contributed by atoms with Gasteiger partial charge >= 0.3 is 5.97 Å². The largest absolute Gasteiger partial charge is 0.454 e. The van der Waals surface area contributed by atoms with Gasteiger partial charge in [0.05, 0.1) is 4.92 Å². The summed E-state index contributed by atoms with van der Waals surface area (Å²) in [5.41, 5.74) is -1.72. The van der Waals surface area contributed by atoms with Crippen LogP contribution in [0.4, 0.5) is 5.69 Å². The first-order valence-corrected chi connectivity index (χ1v) is 7.49. The van der Waals surface area contributed by atoms with Gasteiger partial charge in [0, 0.05) is 16.7 Å². The first kappa shape index (κ1) is 17.2. The smallest absolute Gasteiger partial charge is 0.345 e. The predicted molar refractivity (Wildman–Crippen MR) is 87.4 cm³/mol. The van der Waals surface area contributed by atoms with Crippen LogP contribution in [0.15, 0.2) is 36.4 Å². The molecule has 0 heterocycles. The number of Topliss-reactive ketones (excluding diaryl/α,β-unsaturated/α-hetero) is 1. The molecule has 0 atom stereocenters. The fraction of sp³-hybridized carbons (Fsp3) is 0.111. The number of fused-ring (bicyclic) bond motifs is 2. The normalized spacial score (nSPS) is 12.2. The first-order chi connectivity index (χ1) is 12.3. The van der Waals surface area contributed by atoms with Gasteiger partial charge in [-0.2, -0.15) is 0 Å². The van der Waals surface area contributed by atoms with Crippen molar-refractivity contribution in [1.29, 1.82) is 0 Å². The Kier molecular flexibility index (Phi) is 4.17. The second-order valence-electron chi connectivity index (χ2n) is 5.62. The van der Waals surface area contributed by atoms with Crippen LogP contribution < -0.4 is 0 Å². The Hall–Kier alpha value is -3.68. The quantitative estimate of drug-likeness (QED) is 0.400. The summed E-state index contributed by atoms with van der Waals surface area (Å²) >= 11 is 0. The number of carbonyl (C=O) groups excluding carboxylic acids is 4. The summed E-state index contributed by atoms with van der Waals surface area (Å²) in [5.74, 6) is -2.82. The highest BCUT2D eigenvalue weighted by Gasteiger charge is 2.38. The summed E-state index contributed by atoms with van der Waals surface area (Å²) in [7, 11) is 0. The van der Waals surface area contributed by atoms with Crippen molar-refractivity contribution >= 4 is 29.0 Å². The summed E-state index contributed by atoms with van der Waals surface area (Å²) in [5, 5.41) is 11.6. The molecule has 0 unspecified atom stereocenters. The maximum atomic E-state index is 12.8. The molecular weight excluding hydrogens is 342 g/mol. The van der Waals surface area contributed by atoms with Crippen molar-refractivity contribution in [3.05, 3.63) is 74.3 Å². The highest BCUT2D eigenvalue weighted by molar-refractivity contribution is 6.30. The number of esters is 1. The van der Waals surface area contributed by atoms with Crippen molar-refractivity contribution in [3.8, 4) is 0 Å². The number of hydrogen-bond acceptors (Lipinski definition) is 7. The Morgan fingerprint density at radius 1 is 1.00 bits per heavy atom. The third-order valence-corrected chi connectivity index (χ3v) is 3.87. The molecule has 0 saturated carbocycles. The molecule has 26 heavy (non-hydrogen) atoms. The first-order valence-electron chi connectivity index (χ1n) is 7.49. The SMILES string of the molecule is CC(=O)COC(=O)c1ccc2c(c1[N+](=O)[O-])C(=O)c1ccccc1C2=O. The lowest BCUT2D eigenvalue weighted by Crippen LogP contribution is -2.24. The molecule has 0 fully saturated rings. The Morgan fingerprint density at radius 3 is 2.19 bits per heavy atom. The molecule has 0 aliphatic heterocycles. The molecule has 0 spiro atoms. The summed E-state index contributed by atoms with van der Waals surface area (Å²) in [6, 6.07) is 8.20. The maximum absolute atomic E-state index is 12.8. The molecule has 1 aliphatic carbocycles. The van der Waals surface area contributed by atoms with Gasteiger partial charge in [0.15, 0.2) is 11.6 Å². The monoisotopic (exact) mass is 353 g/mol. The number of hydrogen-bond donors (Lipinski definition) is 0. The molecule has 8 heteroatoms. The van der Waals surface area contributed by atoms with Gasteiger partial charge in [-0.3, -0.25) is 24.5 Å². The van der Waals surface area contributed by atoms with E-state index in [4.69, 9.17) is 4.74 Å². The van der Waals surface area contributed by atoms with Crippen molar-refractivity contribution in [2.24, 2.45) is 0 Å². The van der Waals surface area contributed by atoms with Gasteiger partial charge in [0.2, 0.25) is 5.78 Å². The number of rotatable bonds is 4. The summed E-state index contributed by atoms with van der Waals surface area (Å²) in [6.07, 6.45) is 0. The van der Waals surface area contributed by atoms with Gasteiger partial charge in [-0.15, -0.1) is 0 Å². The number of ketones is 3. The van der Waals surface area contributed by atoms with Gasteiger partial charge in [0.1, 0.15) is 17.7 Å². The molecule has 2 aromatic carbocycles. The number of nitro groups is 1. The van der Waals surface area contributed by atoms with Crippen LogP contribution in [-0.2, 0) is 9.53 Å². The standard InChI is InChI=1S/C18H11NO7/c1-9(20)8-26-18(23)13-7-6-12-14(15(13)19(24)25)17(22)11-5-3-2-4-10(11)16(12)21/h2-7H,8H2,1H3. The molecular formula is C18H11NO7. The molecule has 0 saturated heterocycles. The lowest BCUT2D eigenvalue weighted by molar-refractivity contribution is -0.385. The summed E-state index contributed by atoms with van der Waals surface area (Å²) in [6.45, 7) is 0.635. The molecule has 0 bridgehead atoms. The average molecular weight is 353 g/mol. The number of nitrogens with zero attached hydrogens (tertiary/aromatic N) is 1. The average Bonchev–Trinajstić information content (AvgIpc) is 2.62. The number of ether oxygens (including phenoxy) is 1. The second-order valence-corrected chi connectivity index (χ2v) is 5.62. The van der Waals surface area contributed by atoms with Gasteiger partial charge in [-0.1, -0.05) is 24.3 Å². The molecule has 2 aromatic rings. The molecule has 0 radical (unpaired) electrons. The molecule has 0 amide bonds. The lowest BCUT2D eigenvalue weighted by atomic mass is 9.82. The third-order valence-electron chi connectivity index (χ3n) is 3.87. The van der Waals surface area contributed by atoms with E-state index in [1.54, 1.807) is 6.07 Å². The van der Waals surface area contributed by atoms with E-state index in [0.29, 0.717) is 0 Å². The van der Waals surface area contributed by atoms with E-state index in [-0.39, 0.29) is 16.7 Å². The maximum Gasteiger partial charge on any atom is 0.345 e. The van der Waals surface area contributed by atoms with Gasteiger partial charge in [-0.05, 0) is 19.1 Å². The van der Waals surface area contributed by atoms with E-state index in [0.717, 1.165) is 6.07 Å². The minimum Gasteiger partial charge on any atom is -0.454 e. The zero-order chi connectivity index (χ0) is 19.0. The zero-order valence-corrected chi connectivity index (χ0v) is 13.5. The van der Waals surface area contributed by atoms with Crippen molar-refractivity contribution in [3.63, 3.8) is 0 Å². The summed E-state index contributed by atoms with van der Waals surface area (Å²) < 4.78 is 4.71. The minimum absolute atomic E-state index is 0.0300. The zero-order valence-electron chi connectivity index (χ0n) is 13.5. The third kappa shape index (κ3) is 2.67. The van der Waals surface area contributed by atoms with Crippen LogP contribution in [0.1, 0.15) is 49.1 Å². The van der Waals surface area contributed by atoms with E-state index in [2.05, 4.69) is 0 Å². The van der Waals surface area contributed by atoms with Crippen LogP contribution in [0.3, 0.4) is 0 Å². The van der Waals surface area contributed by atoms with Crippen molar-refractivity contribution in [2.75, 3.05) is 6.61 Å². The molecule has 1 aliphatic rings. The Labute approximate surface area is 146 Å². The number of benzene rings is 2. The van der Waals surface area contributed by atoms with Gasteiger partial charge < -0.3 is 4.74 Å². The Morgan fingerprint density at radius 2 is 1.62 bits per heavy atom. The van der Waals surface area contributed by atoms with Crippen LogP contribution in [0, 0.1) is 10.1 Å². The van der Waals surface area contributed by atoms with E-state index >= 15 is 0 Å². The number of carbonyl (C=O) groups is 4. The Balaban J connectivity index is 2.20. The molecule has 130 valence electrons. The van der Waals surface area contributed by atoms with E-state index in [1.165, 1.54) is 31.2 Å². The summed E-state index contributed by atoms with van der Waals surface area (Å²) in [4.78, 5) is 59.1. The van der Waals surface area contributed by atoms with Crippen LogP contribution in [0.25, 0.3) is 0 Å². The molecule has 8 nitrogen and oxygen atoms in total. The van der Waals surface area contributed by atoms with Gasteiger partial charge in [-0.25, -0.2) is 4.79 Å². The lowest BCUT2D eigenvalue weighted by Gasteiger charge is -2.18. The minimum atomic E-state index is -1.12. The topological polar surface area (TPSA) is 121 Å². The van der Waals surface area contributed by atoms with Crippen LogP contribution in [0.5, 0.6) is 0 Å². The molecule has 0 aromatic heterocycles. The van der Waals surface area contributed by atoms with Crippen molar-refractivity contribution in [2.45, 2.75) is 6.92 Å². The highest BCUT2D eigenvalue weighted by Crippen LogP contribution is 2.35. The van der Waals surface area contributed by atoms with Crippen LogP contribution >= 0.6 is 0 Å². The number of nitro benzene ring substituents is 1.